The van der Waals surface area contributed by atoms with Crippen LogP contribution in [0.2, 0.25) is 0 Å². The molecule has 0 amide bonds. The molecule has 1 atom stereocenters. The van der Waals surface area contributed by atoms with Crippen molar-refractivity contribution in [2.75, 3.05) is 38.0 Å². The van der Waals surface area contributed by atoms with Gasteiger partial charge in [-0.25, -0.2) is 12.8 Å². The van der Waals surface area contributed by atoms with Gasteiger partial charge in [-0.15, -0.1) is 0 Å². The van der Waals surface area contributed by atoms with Gasteiger partial charge in [-0.05, 0) is 42.0 Å². The number of aliphatic hydroxyl groups is 1. The molecular weight excluding hydrogens is 427 g/mol. The first-order chi connectivity index (χ1) is 14.7. The molecule has 1 aliphatic heterocycles. The van der Waals surface area contributed by atoms with Crippen molar-refractivity contribution in [2.45, 2.75) is 29.9 Å². The predicted octanol–water partition coefficient (Wildman–Crippen LogP) is 1.31. The van der Waals surface area contributed by atoms with E-state index in [0.717, 1.165) is 6.26 Å². The fourth-order valence-electron chi connectivity index (χ4n) is 3.26. The van der Waals surface area contributed by atoms with Gasteiger partial charge in [-0.1, -0.05) is 6.07 Å². The maximum atomic E-state index is 14.2. The van der Waals surface area contributed by atoms with E-state index in [1.165, 1.54) is 31.4 Å². The second kappa shape index (κ2) is 9.92. The normalized spacial score (nSPS) is 20.3. The lowest BCUT2D eigenvalue weighted by atomic mass is 10.1. The molecule has 1 fully saturated rings. The third-order valence-electron chi connectivity index (χ3n) is 4.89. The fraction of sp³-hybridized carbons (Fsp3) is 0.429. The lowest BCUT2D eigenvalue weighted by molar-refractivity contribution is -0.225. The van der Waals surface area contributed by atoms with Gasteiger partial charge < -0.3 is 30.0 Å². The molecule has 1 saturated heterocycles. The summed E-state index contributed by atoms with van der Waals surface area (Å²) in [5, 5.41) is 10.7. The fourth-order valence-corrected chi connectivity index (χ4v) is 3.89. The van der Waals surface area contributed by atoms with E-state index in [1.54, 1.807) is 23.1 Å². The minimum absolute atomic E-state index is 0.103. The zero-order valence-electron chi connectivity index (χ0n) is 17.4. The maximum Gasteiger partial charge on any atom is 0.185 e. The molecule has 170 valence electrons. The summed E-state index contributed by atoms with van der Waals surface area (Å²) in [6.45, 7) is 0.900. The second-order valence-corrected chi connectivity index (χ2v) is 9.49. The monoisotopic (exact) mass is 454 g/mol. The lowest BCUT2D eigenvalue weighted by Gasteiger charge is -2.34. The van der Waals surface area contributed by atoms with Crippen LogP contribution >= 0.6 is 0 Å². The minimum atomic E-state index is -3.35. The van der Waals surface area contributed by atoms with Gasteiger partial charge in [0.1, 0.15) is 6.10 Å². The largest absolute Gasteiger partial charge is 0.494 e. The average molecular weight is 455 g/mol. The maximum absolute atomic E-state index is 14.2. The van der Waals surface area contributed by atoms with Crippen LogP contribution in [0.25, 0.3) is 0 Å². The molecule has 8 nitrogen and oxygen atoms in total. The molecule has 0 aromatic heterocycles. The van der Waals surface area contributed by atoms with Crippen molar-refractivity contribution < 1.29 is 32.1 Å². The highest BCUT2D eigenvalue weighted by atomic mass is 32.2. The molecule has 3 N–H and O–H groups in total. The molecule has 0 bridgehead atoms. The molecule has 10 heteroatoms. The highest BCUT2D eigenvalue weighted by Crippen LogP contribution is 2.24. The first kappa shape index (κ1) is 23.4. The molecule has 2 aromatic rings. The molecule has 1 heterocycles. The van der Waals surface area contributed by atoms with Gasteiger partial charge in [0.2, 0.25) is 0 Å². The van der Waals surface area contributed by atoms with Crippen LogP contribution in [-0.4, -0.2) is 65.1 Å². The third-order valence-corrected chi connectivity index (χ3v) is 6.02. The summed E-state index contributed by atoms with van der Waals surface area (Å²) in [6, 6.07) is 10.6. The summed E-state index contributed by atoms with van der Waals surface area (Å²) in [4.78, 5) is 1.97. The summed E-state index contributed by atoms with van der Waals surface area (Å²) < 4.78 is 53.6. The number of benzene rings is 2. The highest BCUT2D eigenvalue weighted by Gasteiger charge is 2.28. The Hall–Kier alpha value is -2.24. The van der Waals surface area contributed by atoms with Crippen molar-refractivity contribution in [3.63, 3.8) is 0 Å². The molecule has 3 rings (SSSR count). The Labute approximate surface area is 181 Å². The first-order valence-corrected chi connectivity index (χ1v) is 11.6. The van der Waals surface area contributed by atoms with E-state index in [4.69, 9.17) is 19.9 Å². The molecular formula is C21H27FN2O6S. The van der Waals surface area contributed by atoms with E-state index < -0.39 is 28.0 Å². The van der Waals surface area contributed by atoms with Crippen molar-refractivity contribution in [3.8, 4) is 5.75 Å². The van der Waals surface area contributed by atoms with Crippen LogP contribution in [-0.2, 0) is 25.9 Å². The van der Waals surface area contributed by atoms with Crippen molar-refractivity contribution in [1.82, 2.24) is 0 Å². The van der Waals surface area contributed by atoms with Gasteiger partial charge in [0.05, 0.1) is 31.3 Å². The van der Waals surface area contributed by atoms with Gasteiger partial charge in [0.25, 0.3) is 0 Å². The standard InChI is InChI=1S/C21H27FN2O6S/c1-28-20-8-3-14(9-18(20)22)10-24(11-19(25)21-29-12-15(23)13-30-21)16-4-6-17(7-5-16)31(2,26)27/h3-9,15,19,21,25H,10-13,23H2,1-2H3. The van der Waals surface area contributed by atoms with Gasteiger partial charge in [-0.2, -0.15) is 0 Å². The Bertz CT molecular complexity index is 978. The quantitative estimate of drug-likeness (QED) is 0.614. The molecule has 2 aromatic carbocycles. The number of halogens is 1. The number of rotatable bonds is 8. The Balaban J connectivity index is 1.83. The van der Waals surface area contributed by atoms with Crippen LogP contribution in [0.15, 0.2) is 47.4 Å². The van der Waals surface area contributed by atoms with Crippen molar-refractivity contribution in [2.24, 2.45) is 5.73 Å². The van der Waals surface area contributed by atoms with Gasteiger partial charge >= 0.3 is 0 Å². The van der Waals surface area contributed by atoms with Crippen molar-refractivity contribution in [1.29, 1.82) is 0 Å². The molecule has 0 saturated carbocycles. The third kappa shape index (κ3) is 6.14. The van der Waals surface area contributed by atoms with Crippen LogP contribution in [0, 0.1) is 5.82 Å². The van der Waals surface area contributed by atoms with Crippen LogP contribution in [0.3, 0.4) is 0 Å². The average Bonchev–Trinajstić information content (AvgIpc) is 2.73. The molecule has 1 aliphatic rings. The molecule has 0 spiro atoms. The Morgan fingerprint density at radius 3 is 2.42 bits per heavy atom. The van der Waals surface area contributed by atoms with E-state index in [1.807, 2.05) is 0 Å². The number of hydrogen-bond acceptors (Lipinski definition) is 8. The smallest absolute Gasteiger partial charge is 0.185 e. The Morgan fingerprint density at radius 1 is 1.23 bits per heavy atom. The van der Waals surface area contributed by atoms with Gasteiger partial charge in [0, 0.05) is 25.0 Å². The number of nitrogens with two attached hydrogens (primary N) is 1. The predicted molar refractivity (Wildman–Crippen MR) is 113 cm³/mol. The van der Waals surface area contributed by atoms with E-state index in [0.29, 0.717) is 11.3 Å². The number of sulfone groups is 1. The Kier molecular flexibility index (Phi) is 7.50. The van der Waals surface area contributed by atoms with Gasteiger partial charge in [-0.3, -0.25) is 0 Å². The molecule has 0 radical (unpaired) electrons. The van der Waals surface area contributed by atoms with E-state index >= 15 is 0 Å². The van der Waals surface area contributed by atoms with Crippen LogP contribution < -0.4 is 15.4 Å². The number of ether oxygens (including phenoxy) is 3. The summed E-state index contributed by atoms with van der Waals surface area (Å²) in [5.74, 6) is -0.367. The number of hydrogen-bond donors (Lipinski definition) is 2. The minimum Gasteiger partial charge on any atom is -0.494 e. The first-order valence-electron chi connectivity index (χ1n) is 9.71. The molecule has 1 unspecified atom stereocenters. The molecule has 31 heavy (non-hydrogen) atoms. The van der Waals surface area contributed by atoms with Crippen molar-refractivity contribution >= 4 is 15.5 Å². The highest BCUT2D eigenvalue weighted by molar-refractivity contribution is 7.90. The number of methoxy groups -OCH3 is 1. The molecule has 0 aliphatic carbocycles. The number of nitrogens with zero attached hydrogens (tertiary/aromatic N) is 1. The van der Waals surface area contributed by atoms with Crippen LogP contribution in [0.1, 0.15) is 5.56 Å². The number of anilines is 1. The van der Waals surface area contributed by atoms with Crippen molar-refractivity contribution in [3.05, 3.63) is 53.8 Å². The topological polar surface area (TPSA) is 111 Å². The Morgan fingerprint density at radius 2 is 1.87 bits per heavy atom. The number of aliphatic hydroxyl groups excluding tert-OH is 1. The summed E-state index contributed by atoms with van der Waals surface area (Å²) >= 11 is 0. The van der Waals surface area contributed by atoms with E-state index in [-0.39, 0.29) is 43.0 Å². The van der Waals surface area contributed by atoms with Gasteiger partial charge in [0.15, 0.2) is 27.7 Å². The summed E-state index contributed by atoms with van der Waals surface area (Å²) in [6.07, 6.45) is -0.720. The van der Waals surface area contributed by atoms with Crippen LogP contribution in [0.5, 0.6) is 5.75 Å². The SMILES string of the molecule is COc1ccc(CN(CC(O)C2OCC(N)CO2)c2ccc(S(C)(=O)=O)cc2)cc1F. The zero-order chi connectivity index (χ0) is 22.6. The van der Waals surface area contributed by atoms with E-state index in [9.17, 15) is 17.9 Å². The second-order valence-electron chi connectivity index (χ2n) is 7.48. The van der Waals surface area contributed by atoms with E-state index in [2.05, 4.69) is 0 Å². The lowest BCUT2D eigenvalue weighted by Crippen LogP contribution is -2.49. The summed E-state index contributed by atoms with van der Waals surface area (Å²) in [7, 11) is -1.96. The van der Waals surface area contributed by atoms with Crippen LogP contribution in [0.4, 0.5) is 10.1 Å². The zero-order valence-corrected chi connectivity index (χ0v) is 18.2. The summed E-state index contributed by atoms with van der Waals surface area (Å²) in [5.41, 5.74) is 7.03.